The van der Waals surface area contributed by atoms with Crippen LogP contribution in [0, 0.1) is 13.8 Å². The summed E-state index contributed by atoms with van der Waals surface area (Å²) >= 11 is 1.40. The monoisotopic (exact) mass is 348 g/mol. The van der Waals surface area contributed by atoms with E-state index in [4.69, 9.17) is 4.42 Å². The lowest BCUT2D eigenvalue weighted by Crippen LogP contribution is -2.10. The minimum atomic E-state index is -0.293. The zero-order valence-electron chi connectivity index (χ0n) is 13.9. The van der Waals surface area contributed by atoms with E-state index in [9.17, 15) is 4.79 Å². The second-order valence-corrected chi connectivity index (χ2v) is 6.82. The predicted molar refractivity (Wildman–Crippen MR) is 101 cm³/mol. The van der Waals surface area contributed by atoms with E-state index < -0.39 is 0 Å². The third-order valence-electron chi connectivity index (χ3n) is 4.04. The number of nitrogens with one attached hydrogen (secondary N) is 1. The van der Waals surface area contributed by atoms with Crippen LogP contribution in [0.1, 0.15) is 21.7 Å². The number of carbonyl (C=O) groups is 1. The number of furan rings is 1. The molecule has 0 bridgehead atoms. The van der Waals surface area contributed by atoms with Crippen LogP contribution in [0.15, 0.2) is 58.3 Å². The largest absolute Gasteiger partial charge is 0.451 e. The van der Waals surface area contributed by atoms with Gasteiger partial charge in [0.2, 0.25) is 0 Å². The SMILES string of the molecule is Cc1ccc(C)c(-c2csc(NC(=O)c3cc4ccccc4o3)n2)c1. The molecule has 2 aromatic heterocycles. The highest BCUT2D eigenvalue weighted by Gasteiger charge is 2.15. The van der Waals surface area contributed by atoms with Crippen LogP contribution >= 0.6 is 11.3 Å². The lowest BCUT2D eigenvalue weighted by Gasteiger charge is -2.03. The Labute approximate surface area is 149 Å². The number of fused-ring (bicyclic) bond motifs is 1. The Morgan fingerprint density at radius 2 is 1.96 bits per heavy atom. The molecule has 0 saturated heterocycles. The van der Waals surface area contributed by atoms with E-state index in [1.165, 1.54) is 16.9 Å². The van der Waals surface area contributed by atoms with E-state index >= 15 is 0 Å². The summed E-state index contributed by atoms with van der Waals surface area (Å²) in [5.41, 5.74) is 4.99. The fourth-order valence-electron chi connectivity index (χ4n) is 2.72. The van der Waals surface area contributed by atoms with Crippen molar-refractivity contribution >= 4 is 33.3 Å². The summed E-state index contributed by atoms with van der Waals surface area (Å²) in [6, 6.07) is 15.6. The van der Waals surface area contributed by atoms with Crippen LogP contribution in [0.4, 0.5) is 5.13 Å². The van der Waals surface area contributed by atoms with Crippen molar-refractivity contribution in [2.75, 3.05) is 5.32 Å². The average Bonchev–Trinajstić information content (AvgIpc) is 3.23. The van der Waals surface area contributed by atoms with Crippen LogP contribution < -0.4 is 5.32 Å². The van der Waals surface area contributed by atoms with E-state index in [2.05, 4.69) is 42.3 Å². The number of aryl methyl sites for hydroxylation is 2. The Bertz CT molecular complexity index is 1050. The predicted octanol–water partition coefficient (Wildman–Crippen LogP) is 5.43. The van der Waals surface area contributed by atoms with Gasteiger partial charge in [0.15, 0.2) is 10.9 Å². The topological polar surface area (TPSA) is 55.1 Å². The maximum absolute atomic E-state index is 12.4. The summed E-state index contributed by atoms with van der Waals surface area (Å²) in [6.07, 6.45) is 0. The van der Waals surface area contributed by atoms with Crippen molar-refractivity contribution in [1.82, 2.24) is 4.98 Å². The van der Waals surface area contributed by atoms with Crippen molar-refractivity contribution in [3.63, 3.8) is 0 Å². The van der Waals surface area contributed by atoms with Crippen LogP contribution in [0.25, 0.3) is 22.2 Å². The quantitative estimate of drug-likeness (QED) is 0.537. The van der Waals surface area contributed by atoms with Crippen molar-refractivity contribution in [3.05, 3.63) is 70.8 Å². The van der Waals surface area contributed by atoms with Crippen LogP contribution in [-0.2, 0) is 0 Å². The first-order valence-corrected chi connectivity index (χ1v) is 8.81. The smallest absolute Gasteiger partial charge is 0.293 e. The highest BCUT2D eigenvalue weighted by atomic mass is 32.1. The molecule has 4 rings (SSSR count). The standard InChI is InChI=1S/C20H16N2O2S/c1-12-7-8-13(2)15(9-12)16-11-25-20(21-16)22-19(23)18-10-14-5-3-4-6-17(14)24-18/h3-11H,1-2H3,(H,21,22,23). The third kappa shape index (κ3) is 3.06. The second-order valence-electron chi connectivity index (χ2n) is 5.96. The molecule has 2 heterocycles. The maximum Gasteiger partial charge on any atom is 0.293 e. The zero-order valence-corrected chi connectivity index (χ0v) is 14.7. The third-order valence-corrected chi connectivity index (χ3v) is 4.80. The number of hydrogen-bond donors (Lipinski definition) is 1. The lowest BCUT2D eigenvalue weighted by molar-refractivity contribution is 0.0998. The van der Waals surface area contributed by atoms with Crippen molar-refractivity contribution < 1.29 is 9.21 Å². The molecule has 4 nitrogen and oxygen atoms in total. The molecular weight excluding hydrogens is 332 g/mol. The molecule has 0 radical (unpaired) electrons. The van der Waals surface area contributed by atoms with Crippen molar-refractivity contribution in [1.29, 1.82) is 0 Å². The summed E-state index contributed by atoms with van der Waals surface area (Å²) in [7, 11) is 0. The van der Waals surface area contributed by atoms with Crippen LogP contribution in [0.5, 0.6) is 0 Å². The Morgan fingerprint density at radius 3 is 2.80 bits per heavy atom. The first-order valence-electron chi connectivity index (χ1n) is 7.93. The minimum Gasteiger partial charge on any atom is -0.451 e. The molecular formula is C20H16N2O2S. The number of nitrogens with zero attached hydrogens (tertiary/aromatic N) is 1. The first-order chi connectivity index (χ1) is 12.1. The van der Waals surface area contributed by atoms with Gasteiger partial charge in [0.25, 0.3) is 5.91 Å². The summed E-state index contributed by atoms with van der Waals surface area (Å²) in [6.45, 7) is 4.11. The Kier molecular flexibility index (Phi) is 3.86. The molecule has 0 aliphatic rings. The Balaban J connectivity index is 1.58. The number of hydrogen-bond acceptors (Lipinski definition) is 4. The number of rotatable bonds is 3. The molecule has 2 aromatic carbocycles. The summed E-state index contributed by atoms with van der Waals surface area (Å²) in [4.78, 5) is 17.0. The van der Waals surface area contributed by atoms with Gasteiger partial charge >= 0.3 is 0 Å². The highest BCUT2D eigenvalue weighted by molar-refractivity contribution is 7.14. The molecule has 0 aliphatic carbocycles. The average molecular weight is 348 g/mol. The van der Waals surface area contributed by atoms with Gasteiger partial charge in [0.1, 0.15) is 5.58 Å². The van der Waals surface area contributed by atoms with Gasteiger partial charge in [0, 0.05) is 16.3 Å². The molecule has 0 unspecified atom stereocenters. The molecule has 5 heteroatoms. The number of aromatic nitrogens is 1. The summed E-state index contributed by atoms with van der Waals surface area (Å²) in [5.74, 6) is -0.0113. The van der Waals surface area contributed by atoms with Crippen LogP contribution in [0.3, 0.4) is 0 Å². The van der Waals surface area contributed by atoms with Gasteiger partial charge in [-0.1, -0.05) is 35.9 Å². The van der Waals surface area contributed by atoms with Crippen molar-refractivity contribution in [2.45, 2.75) is 13.8 Å². The summed E-state index contributed by atoms with van der Waals surface area (Å²) in [5, 5.41) is 6.23. The Morgan fingerprint density at radius 1 is 1.12 bits per heavy atom. The molecule has 1 amide bonds. The molecule has 4 aromatic rings. The molecule has 124 valence electrons. The van der Waals surface area contributed by atoms with Crippen LogP contribution in [-0.4, -0.2) is 10.9 Å². The van der Waals surface area contributed by atoms with Gasteiger partial charge in [-0.05, 0) is 37.6 Å². The van der Waals surface area contributed by atoms with E-state index in [0.717, 1.165) is 22.2 Å². The van der Waals surface area contributed by atoms with Crippen molar-refractivity contribution in [3.8, 4) is 11.3 Å². The molecule has 0 saturated carbocycles. The van der Waals surface area contributed by atoms with Gasteiger partial charge in [-0.2, -0.15) is 0 Å². The lowest BCUT2D eigenvalue weighted by atomic mass is 10.0. The normalized spacial score (nSPS) is 11.0. The van der Waals surface area contributed by atoms with Gasteiger partial charge in [-0.15, -0.1) is 11.3 Å². The number of amides is 1. The first kappa shape index (κ1) is 15.6. The van der Waals surface area contributed by atoms with Gasteiger partial charge in [-0.3, -0.25) is 10.1 Å². The molecule has 0 atom stereocenters. The number of anilines is 1. The number of carbonyl (C=O) groups excluding carboxylic acids is 1. The Hall–Kier alpha value is -2.92. The fourth-order valence-corrected chi connectivity index (χ4v) is 3.42. The van der Waals surface area contributed by atoms with E-state index in [1.807, 2.05) is 29.6 Å². The highest BCUT2D eigenvalue weighted by Crippen LogP contribution is 2.29. The number of benzene rings is 2. The van der Waals surface area contributed by atoms with Gasteiger partial charge < -0.3 is 4.42 Å². The maximum atomic E-state index is 12.4. The summed E-state index contributed by atoms with van der Waals surface area (Å²) < 4.78 is 5.59. The van der Waals surface area contributed by atoms with Crippen molar-refractivity contribution in [2.24, 2.45) is 0 Å². The molecule has 25 heavy (non-hydrogen) atoms. The zero-order chi connectivity index (χ0) is 17.4. The minimum absolute atomic E-state index is 0.282. The molecule has 0 spiro atoms. The second kappa shape index (κ2) is 6.18. The van der Waals surface area contributed by atoms with Gasteiger partial charge in [0.05, 0.1) is 5.69 Å². The van der Waals surface area contributed by atoms with E-state index in [1.54, 1.807) is 6.07 Å². The molecule has 0 aliphatic heterocycles. The van der Waals surface area contributed by atoms with Gasteiger partial charge in [-0.25, -0.2) is 4.98 Å². The van der Waals surface area contributed by atoms with E-state index in [0.29, 0.717) is 10.7 Å². The fraction of sp³-hybridized carbons (Fsp3) is 0.100. The molecule has 1 N–H and O–H groups in total. The van der Waals surface area contributed by atoms with E-state index in [-0.39, 0.29) is 11.7 Å². The number of para-hydroxylation sites is 1. The molecule has 0 fully saturated rings. The number of thiazole rings is 1. The van der Waals surface area contributed by atoms with Crippen LogP contribution in [0.2, 0.25) is 0 Å².